The zero-order valence-corrected chi connectivity index (χ0v) is 8.91. The van der Waals surface area contributed by atoms with Crippen LogP contribution < -0.4 is 4.89 Å². The molecule has 0 aromatic rings. The zero-order chi connectivity index (χ0) is 12.1. The van der Waals surface area contributed by atoms with E-state index in [4.69, 9.17) is 2.84 Å². The first-order chi connectivity index (χ1) is 6.76. The number of quaternary nitrogens is 1. The van der Waals surface area contributed by atoms with Gasteiger partial charge < -0.3 is 14.9 Å². The number of carboxylic acids is 1. The van der Waals surface area contributed by atoms with Crippen molar-refractivity contribution in [2.24, 2.45) is 5.92 Å². The molecule has 0 fully saturated rings. The number of nitrogens with one attached hydrogen (secondary N) is 1. The second kappa shape index (κ2) is 5.94. The van der Waals surface area contributed by atoms with Crippen LogP contribution in [-0.2, 0) is 4.79 Å². The zero-order valence-electron chi connectivity index (χ0n) is 10.9. The standard InChI is InChI=1S/C9H20N2O2/c1-10(2)6-5-8(9(12)13)7-11(3)4/h8H,5-7H2,1-4H3,(H,12,13)/p+1/i/hD2. The highest BCUT2D eigenvalue weighted by Crippen LogP contribution is 2.02. The van der Waals surface area contributed by atoms with Crippen LogP contribution >= 0.6 is 0 Å². The molecule has 1 atom stereocenters. The Morgan fingerprint density at radius 3 is 2.69 bits per heavy atom. The predicted octanol–water partition coefficient (Wildman–Crippen LogP) is -1.22. The van der Waals surface area contributed by atoms with Crippen LogP contribution in [0.4, 0.5) is 0 Å². The molecule has 0 heterocycles. The summed E-state index contributed by atoms with van der Waals surface area (Å²) in [5, 5.41) is 3.99. The summed E-state index contributed by atoms with van der Waals surface area (Å²) in [5.74, 6) is -0.836. The van der Waals surface area contributed by atoms with Crippen molar-refractivity contribution in [1.82, 2.24) is 4.90 Å². The summed E-state index contributed by atoms with van der Waals surface area (Å²) in [6.45, 7) is 1.12. The molecule has 0 bridgehead atoms. The van der Waals surface area contributed by atoms with Crippen LogP contribution in [0, 0.1) is 5.92 Å². The fourth-order valence-corrected chi connectivity index (χ4v) is 1.14. The van der Waals surface area contributed by atoms with Crippen molar-refractivity contribution in [3.8, 4) is 0 Å². The number of carboxylic acid groups (broad SMARTS) is 1. The number of rotatable bonds is 6. The van der Waals surface area contributed by atoms with Gasteiger partial charge in [0.25, 0.3) is 1.43 Å². The van der Waals surface area contributed by atoms with Crippen molar-refractivity contribution in [2.75, 3.05) is 41.3 Å². The Bertz CT molecular complexity index is 205. The van der Waals surface area contributed by atoms with E-state index in [1.165, 1.54) is 0 Å². The molecule has 78 valence electrons. The molecule has 0 saturated carbocycles. The summed E-state index contributed by atoms with van der Waals surface area (Å²) < 4.78 is 14.2. The fraction of sp³-hybridized carbons (Fsp3) is 0.889. The third-order valence-electron chi connectivity index (χ3n) is 1.84. The minimum Gasteiger partial charge on any atom is -0.481 e. The maximum atomic E-state index is 11.3. The molecule has 4 nitrogen and oxygen atoms in total. The molecule has 0 amide bonds. The molecule has 0 aliphatic heterocycles. The van der Waals surface area contributed by atoms with Gasteiger partial charge in [-0.1, -0.05) is 0 Å². The number of hydrogen-bond donors (Lipinski definition) is 2. The van der Waals surface area contributed by atoms with Crippen molar-refractivity contribution in [1.29, 1.82) is 1.43 Å². The molecule has 4 heteroatoms. The summed E-state index contributed by atoms with van der Waals surface area (Å²) in [4.78, 5) is 13.2. The Balaban J connectivity index is 4.19. The van der Waals surface area contributed by atoms with Crippen molar-refractivity contribution in [3.63, 3.8) is 0 Å². The average molecular weight is 191 g/mol. The van der Waals surface area contributed by atoms with Crippen LogP contribution in [0.15, 0.2) is 0 Å². The molecule has 0 saturated heterocycles. The predicted molar refractivity (Wildman–Crippen MR) is 52.0 cm³/mol. The van der Waals surface area contributed by atoms with E-state index in [-0.39, 0.29) is 10.8 Å². The molecular weight excluding hydrogens is 168 g/mol. The lowest BCUT2D eigenvalue weighted by molar-refractivity contribution is -0.858. The molecule has 0 rings (SSSR count). The summed E-state index contributed by atoms with van der Waals surface area (Å²) in [6.07, 6.45) is 0.562. The molecule has 0 aliphatic carbocycles. The molecule has 0 spiro atoms. The fourth-order valence-electron chi connectivity index (χ4n) is 1.14. The topological polar surface area (TPSA) is 45.0 Å². The Kier molecular flexibility index (Phi) is 4.09. The highest BCUT2D eigenvalue weighted by atomic mass is 16.4. The average Bonchev–Trinajstić information content (AvgIpc) is 2.09. The van der Waals surface area contributed by atoms with Crippen molar-refractivity contribution < 1.29 is 16.2 Å². The highest BCUT2D eigenvalue weighted by Gasteiger charge is 2.18. The Labute approximate surface area is 83.1 Å². The van der Waals surface area contributed by atoms with E-state index in [1.54, 1.807) is 14.1 Å². The summed E-state index contributed by atoms with van der Waals surface area (Å²) in [7, 11) is 7.23. The number of hydrogen-bond acceptors (Lipinski definition) is 3. The van der Waals surface area contributed by atoms with Gasteiger partial charge in [-0.15, -0.1) is 0 Å². The van der Waals surface area contributed by atoms with Crippen LogP contribution in [0.1, 0.15) is 6.42 Å². The maximum absolute atomic E-state index is 11.3. The summed E-state index contributed by atoms with van der Waals surface area (Å²) >= 11 is 0. The largest absolute Gasteiger partial charge is 0.481 e. The van der Waals surface area contributed by atoms with Gasteiger partial charge in [-0.2, -0.15) is 0 Å². The molecule has 13 heavy (non-hydrogen) atoms. The van der Waals surface area contributed by atoms with E-state index in [2.05, 4.69) is 5.11 Å². The second-order valence-corrected chi connectivity index (χ2v) is 3.87. The molecular formula is C9H21N2O2+. The van der Waals surface area contributed by atoms with Crippen LogP contribution in [0.5, 0.6) is 0 Å². The maximum Gasteiger partial charge on any atom is 0.347 e. The van der Waals surface area contributed by atoms with Crippen LogP contribution in [-0.4, -0.2) is 57.3 Å². The summed E-state index contributed by atoms with van der Waals surface area (Å²) in [5.41, 5.74) is 0. The molecule has 2 N–H and O–H groups in total. The number of nitrogens with zero attached hydrogens (tertiary/aromatic N) is 1. The number of aliphatic carboxylic acids is 1. The highest BCUT2D eigenvalue weighted by molar-refractivity contribution is 5.70. The van der Waals surface area contributed by atoms with E-state index < -0.39 is 5.97 Å². The van der Waals surface area contributed by atoms with Gasteiger partial charge >= 0.3 is 7.38 Å². The first-order valence-corrected chi connectivity index (χ1v) is 4.43. The van der Waals surface area contributed by atoms with Gasteiger partial charge in [0.1, 0.15) is 0 Å². The van der Waals surface area contributed by atoms with Gasteiger partial charge in [-0.25, -0.2) is 0 Å². The van der Waals surface area contributed by atoms with Crippen LogP contribution in [0.2, 0.25) is 1.41 Å². The van der Waals surface area contributed by atoms with E-state index in [9.17, 15) is 4.79 Å². The van der Waals surface area contributed by atoms with Crippen molar-refractivity contribution in [3.05, 3.63) is 0 Å². The minimum absolute atomic E-state index is 0.0647. The Hall–Kier alpha value is -0.610. The molecule has 1 unspecified atom stereocenters. The quantitative estimate of drug-likeness (QED) is 0.553. The van der Waals surface area contributed by atoms with Crippen molar-refractivity contribution >= 4 is 5.97 Å². The van der Waals surface area contributed by atoms with Gasteiger partial charge in [-0.3, -0.25) is 4.79 Å². The van der Waals surface area contributed by atoms with E-state index in [0.29, 0.717) is 19.5 Å². The van der Waals surface area contributed by atoms with Gasteiger partial charge in [0.05, 0.1) is 26.6 Å². The molecule has 0 radical (unpaired) electrons. The number of carbonyl (C=O) groups is 1. The summed E-state index contributed by atoms with van der Waals surface area (Å²) in [6, 6.07) is 0. The van der Waals surface area contributed by atoms with Gasteiger partial charge in [0, 0.05) is 13.0 Å². The van der Waals surface area contributed by atoms with Gasteiger partial charge in [0.15, 0.2) is 0 Å². The Morgan fingerprint density at radius 1 is 1.69 bits per heavy atom. The van der Waals surface area contributed by atoms with Crippen molar-refractivity contribution in [2.45, 2.75) is 6.42 Å². The Morgan fingerprint density at radius 2 is 2.31 bits per heavy atom. The lowest BCUT2D eigenvalue weighted by Crippen LogP contribution is -3.05. The molecule has 0 aromatic heterocycles. The van der Waals surface area contributed by atoms with Crippen LogP contribution in [0.25, 0.3) is 1.43 Å². The first-order valence-electron chi connectivity index (χ1n) is 5.29. The third kappa shape index (κ3) is 6.54. The molecule has 0 aliphatic rings. The van der Waals surface area contributed by atoms with Gasteiger partial charge in [0.2, 0.25) is 0 Å². The monoisotopic (exact) mass is 191 g/mol. The first kappa shape index (κ1) is 8.97. The minimum atomic E-state index is -0.517. The lowest BCUT2D eigenvalue weighted by Gasteiger charge is -2.17. The lowest BCUT2D eigenvalue weighted by atomic mass is 10.1. The normalized spacial score (nSPS) is 16.4. The van der Waals surface area contributed by atoms with Gasteiger partial charge in [-0.05, 0) is 14.1 Å². The molecule has 0 aromatic carbocycles. The van der Waals surface area contributed by atoms with E-state index in [1.807, 2.05) is 19.0 Å². The van der Waals surface area contributed by atoms with E-state index in [0.717, 1.165) is 0 Å². The second-order valence-electron chi connectivity index (χ2n) is 3.87. The third-order valence-corrected chi connectivity index (χ3v) is 1.84. The van der Waals surface area contributed by atoms with E-state index >= 15 is 0 Å². The SMILES string of the molecule is [2H]OC(=O)C(CC[N+]([2H])(C)C)CN(C)C. The smallest absolute Gasteiger partial charge is 0.347 e. The van der Waals surface area contributed by atoms with Crippen LogP contribution in [0.3, 0.4) is 0 Å².